The quantitative estimate of drug-likeness (QED) is 0.331. The molecule has 0 aliphatic carbocycles. The summed E-state index contributed by atoms with van der Waals surface area (Å²) in [5.74, 6) is -1.54. The predicted octanol–water partition coefficient (Wildman–Crippen LogP) is 5.26. The van der Waals surface area contributed by atoms with Gasteiger partial charge in [0.25, 0.3) is 0 Å². The molecule has 42 heavy (non-hydrogen) atoms. The highest BCUT2D eigenvalue weighted by Gasteiger charge is 2.35. The predicted molar refractivity (Wildman–Crippen MR) is 163 cm³/mol. The lowest BCUT2D eigenvalue weighted by molar-refractivity contribution is -0.159. The topological polar surface area (TPSA) is 114 Å². The monoisotopic (exact) mass is 581 g/mol. The lowest BCUT2D eigenvalue weighted by Crippen LogP contribution is -2.52. The van der Waals surface area contributed by atoms with Crippen LogP contribution in [0.1, 0.15) is 84.0 Å². The van der Waals surface area contributed by atoms with E-state index in [2.05, 4.69) is 10.6 Å². The van der Waals surface area contributed by atoms with E-state index in [0.29, 0.717) is 12.0 Å². The van der Waals surface area contributed by atoms with Gasteiger partial charge < -0.3 is 25.0 Å². The Morgan fingerprint density at radius 3 is 2.00 bits per heavy atom. The number of hydrogen-bond donors (Lipinski definition) is 2. The molecular weight excluding hydrogens is 534 g/mol. The minimum atomic E-state index is -1.05. The van der Waals surface area contributed by atoms with Crippen molar-refractivity contribution in [3.63, 3.8) is 0 Å². The second-order valence-corrected chi connectivity index (χ2v) is 12.4. The number of amides is 3. The molecule has 0 aromatic heterocycles. The fourth-order valence-electron chi connectivity index (χ4n) is 4.18. The summed E-state index contributed by atoms with van der Waals surface area (Å²) >= 11 is 0. The SMILES string of the molecule is CCCCN(C(=O)CNC(=O)OC(C)(C)C)C(C(=O)NC(Cc1ccccc1)C(=O)OC(C)(C)C)c1ccc(C)cc1. The van der Waals surface area contributed by atoms with Crippen molar-refractivity contribution in [2.75, 3.05) is 13.1 Å². The van der Waals surface area contributed by atoms with Crippen molar-refractivity contribution in [2.45, 2.75) is 97.9 Å². The molecule has 0 fully saturated rings. The summed E-state index contributed by atoms with van der Waals surface area (Å²) in [6, 6.07) is 14.6. The molecule has 2 aromatic carbocycles. The first-order valence-electron chi connectivity index (χ1n) is 14.5. The van der Waals surface area contributed by atoms with Crippen molar-refractivity contribution in [1.82, 2.24) is 15.5 Å². The second-order valence-electron chi connectivity index (χ2n) is 12.4. The van der Waals surface area contributed by atoms with Gasteiger partial charge in [-0.15, -0.1) is 0 Å². The van der Waals surface area contributed by atoms with Gasteiger partial charge in [-0.3, -0.25) is 9.59 Å². The number of carbonyl (C=O) groups is 4. The molecule has 0 heterocycles. The zero-order valence-corrected chi connectivity index (χ0v) is 26.3. The Morgan fingerprint density at radius 1 is 0.857 bits per heavy atom. The summed E-state index contributed by atoms with van der Waals surface area (Å²) in [5, 5.41) is 5.40. The van der Waals surface area contributed by atoms with Gasteiger partial charge in [0.2, 0.25) is 11.8 Å². The van der Waals surface area contributed by atoms with Crippen LogP contribution in [-0.4, -0.2) is 59.1 Å². The summed E-state index contributed by atoms with van der Waals surface area (Å²) in [5.41, 5.74) is 0.938. The van der Waals surface area contributed by atoms with Crippen LogP contribution in [0, 0.1) is 6.92 Å². The third-order valence-electron chi connectivity index (χ3n) is 6.10. The maximum absolute atomic E-state index is 14.1. The van der Waals surface area contributed by atoms with Gasteiger partial charge in [-0.1, -0.05) is 73.5 Å². The maximum atomic E-state index is 14.1. The van der Waals surface area contributed by atoms with Crippen LogP contribution in [0.4, 0.5) is 4.79 Å². The number of aryl methyl sites for hydroxylation is 1. The Balaban J connectivity index is 2.44. The van der Waals surface area contributed by atoms with Crippen LogP contribution >= 0.6 is 0 Å². The molecule has 9 nitrogen and oxygen atoms in total. The van der Waals surface area contributed by atoms with E-state index in [9.17, 15) is 19.2 Å². The number of alkyl carbamates (subject to hydrolysis) is 1. The lowest BCUT2D eigenvalue weighted by atomic mass is 10.00. The number of carbonyl (C=O) groups excluding carboxylic acids is 4. The zero-order valence-electron chi connectivity index (χ0n) is 26.3. The fourth-order valence-corrected chi connectivity index (χ4v) is 4.18. The van der Waals surface area contributed by atoms with Crippen molar-refractivity contribution >= 4 is 23.9 Å². The van der Waals surface area contributed by atoms with Crippen LogP contribution in [0.3, 0.4) is 0 Å². The van der Waals surface area contributed by atoms with Crippen molar-refractivity contribution in [3.8, 4) is 0 Å². The molecule has 2 rings (SSSR count). The van der Waals surface area contributed by atoms with Gasteiger partial charge in [0, 0.05) is 13.0 Å². The van der Waals surface area contributed by atoms with E-state index < -0.39 is 47.2 Å². The molecule has 0 aliphatic rings. The van der Waals surface area contributed by atoms with E-state index in [-0.39, 0.29) is 19.5 Å². The van der Waals surface area contributed by atoms with Crippen LogP contribution < -0.4 is 10.6 Å². The Kier molecular flexibility index (Phi) is 12.6. The summed E-state index contributed by atoms with van der Waals surface area (Å²) in [6.07, 6.45) is 0.897. The van der Waals surface area contributed by atoms with Crippen LogP contribution in [0.25, 0.3) is 0 Å². The Bertz CT molecular complexity index is 1180. The number of ether oxygens (including phenoxy) is 2. The number of nitrogens with one attached hydrogen (secondary N) is 2. The van der Waals surface area contributed by atoms with Crippen LogP contribution in [0.5, 0.6) is 0 Å². The second kappa shape index (κ2) is 15.4. The molecule has 2 unspecified atom stereocenters. The molecule has 230 valence electrons. The molecule has 2 aromatic rings. The van der Waals surface area contributed by atoms with Gasteiger partial charge in [-0.25, -0.2) is 9.59 Å². The van der Waals surface area contributed by atoms with Crippen molar-refractivity contribution in [3.05, 3.63) is 71.3 Å². The molecule has 0 spiro atoms. The molecule has 0 saturated heterocycles. The van der Waals surface area contributed by atoms with Crippen LogP contribution in [0.15, 0.2) is 54.6 Å². The summed E-state index contributed by atoms with van der Waals surface area (Å²) in [4.78, 5) is 54.7. The number of unbranched alkanes of at least 4 members (excludes halogenated alkanes) is 1. The molecule has 9 heteroatoms. The average Bonchev–Trinajstić information content (AvgIpc) is 2.88. The molecule has 0 aliphatic heterocycles. The Hall–Kier alpha value is -3.88. The molecular formula is C33H47N3O6. The van der Waals surface area contributed by atoms with Gasteiger partial charge in [0.1, 0.15) is 29.8 Å². The van der Waals surface area contributed by atoms with E-state index in [1.165, 1.54) is 4.90 Å². The van der Waals surface area contributed by atoms with Crippen LogP contribution in [0.2, 0.25) is 0 Å². The van der Waals surface area contributed by atoms with Gasteiger partial charge in [0.15, 0.2) is 0 Å². The summed E-state index contributed by atoms with van der Waals surface area (Å²) < 4.78 is 10.9. The molecule has 0 bridgehead atoms. The molecule has 0 radical (unpaired) electrons. The molecule has 3 amide bonds. The third kappa shape index (κ3) is 11.9. The number of nitrogens with zero attached hydrogens (tertiary/aromatic N) is 1. The average molecular weight is 582 g/mol. The molecule has 2 atom stereocenters. The summed E-state index contributed by atoms with van der Waals surface area (Å²) in [6.45, 7) is 14.3. The van der Waals surface area contributed by atoms with Crippen molar-refractivity contribution in [1.29, 1.82) is 0 Å². The van der Waals surface area contributed by atoms with Crippen molar-refractivity contribution in [2.24, 2.45) is 0 Å². The minimum absolute atomic E-state index is 0.214. The molecule has 2 N–H and O–H groups in total. The first-order chi connectivity index (χ1) is 19.6. The van der Waals surface area contributed by atoms with Gasteiger partial charge in [0.05, 0.1) is 0 Å². The fraction of sp³-hybridized carbons (Fsp3) is 0.515. The van der Waals surface area contributed by atoms with E-state index >= 15 is 0 Å². The van der Waals surface area contributed by atoms with E-state index in [1.807, 2.05) is 56.3 Å². The maximum Gasteiger partial charge on any atom is 0.408 e. The summed E-state index contributed by atoms with van der Waals surface area (Å²) in [7, 11) is 0. The first kappa shape index (κ1) is 34.3. The van der Waals surface area contributed by atoms with Crippen molar-refractivity contribution < 1.29 is 28.7 Å². The first-order valence-corrected chi connectivity index (χ1v) is 14.5. The highest BCUT2D eigenvalue weighted by molar-refractivity contribution is 5.92. The number of rotatable bonds is 12. The van der Waals surface area contributed by atoms with Gasteiger partial charge in [-0.05, 0) is 66.0 Å². The largest absolute Gasteiger partial charge is 0.458 e. The Labute approximate surface area is 250 Å². The number of benzene rings is 2. The van der Waals surface area contributed by atoms with Gasteiger partial charge in [-0.2, -0.15) is 0 Å². The number of esters is 1. The number of hydrogen-bond acceptors (Lipinski definition) is 6. The highest BCUT2D eigenvalue weighted by Crippen LogP contribution is 2.24. The van der Waals surface area contributed by atoms with Gasteiger partial charge >= 0.3 is 12.1 Å². The van der Waals surface area contributed by atoms with Crippen LogP contribution in [-0.2, 0) is 30.3 Å². The minimum Gasteiger partial charge on any atom is -0.458 e. The Morgan fingerprint density at radius 2 is 1.45 bits per heavy atom. The zero-order chi connectivity index (χ0) is 31.5. The normalized spacial score (nSPS) is 13.0. The van der Waals surface area contributed by atoms with E-state index in [0.717, 1.165) is 17.5 Å². The van der Waals surface area contributed by atoms with E-state index in [1.54, 1.807) is 53.7 Å². The lowest BCUT2D eigenvalue weighted by Gasteiger charge is -2.33. The molecule has 0 saturated carbocycles. The standard InChI is InChI=1S/C33H47N3O6/c1-9-10-20-36(27(37)22-34-31(40)42-33(6,7)8)28(25-18-16-23(2)17-19-25)29(38)35-26(30(39)41-32(3,4)5)21-24-14-12-11-13-15-24/h11-19,26,28H,9-10,20-22H2,1-8H3,(H,34,40)(H,35,38). The third-order valence-corrected chi connectivity index (χ3v) is 6.10. The van der Waals surface area contributed by atoms with E-state index in [4.69, 9.17) is 9.47 Å². The highest BCUT2D eigenvalue weighted by atomic mass is 16.6. The smallest absolute Gasteiger partial charge is 0.408 e.